The highest BCUT2D eigenvalue weighted by atomic mass is 32.2. The summed E-state index contributed by atoms with van der Waals surface area (Å²) in [7, 11) is -3.38. The van der Waals surface area contributed by atoms with Gasteiger partial charge in [-0.15, -0.1) is 11.3 Å². The van der Waals surface area contributed by atoms with Crippen molar-refractivity contribution >= 4 is 21.4 Å². The number of sulfonamides is 1. The van der Waals surface area contributed by atoms with E-state index in [2.05, 4.69) is 10.0 Å². The van der Waals surface area contributed by atoms with Crippen LogP contribution in [0.4, 0.5) is 0 Å². The third-order valence-corrected chi connectivity index (χ3v) is 5.75. The van der Waals surface area contributed by atoms with Crippen molar-refractivity contribution in [2.75, 3.05) is 26.3 Å². The molecule has 1 atom stereocenters. The van der Waals surface area contributed by atoms with Crippen LogP contribution >= 0.6 is 11.3 Å². The van der Waals surface area contributed by atoms with Gasteiger partial charge in [0.1, 0.15) is 0 Å². The highest BCUT2D eigenvalue weighted by molar-refractivity contribution is 7.89. The fraction of sp³-hybridized carbons (Fsp3) is 0.667. The zero-order valence-corrected chi connectivity index (χ0v) is 12.9. The van der Waals surface area contributed by atoms with Gasteiger partial charge in [0.2, 0.25) is 10.0 Å². The van der Waals surface area contributed by atoms with Crippen molar-refractivity contribution in [1.29, 1.82) is 0 Å². The van der Waals surface area contributed by atoms with Crippen LogP contribution in [0, 0.1) is 13.8 Å². The lowest BCUT2D eigenvalue weighted by Gasteiger charge is -2.11. The first-order valence-corrected chi connectivity index (χ1v) is 8.67. The Labute approximate surface area is 118 Å². The van der Waals surface area contributed by atoms with Crippen LogP contribution in [0.25, 0.3) is 0 Å². The van der Waals surface area contributed by atoms with Crippen LogP contribution in [0.1, 0.15) is 16.2 Å². The number of hydrogen-bond donors (Lipinski definition) is 2. The number of aryl methyl sites for hydroxylation is 2. The third kappa shape index (κ3) is 4.00. The summed E-state index contributed by atoms with van der Waals surface area (Å²) < 4.78 is 32.1. The molecule has 1 aromatic rings. The van der Waals surface area contributed by atoms with E-state index in [4.69, 9.17) is 4.74 Å². The molecule has 0 saturated carbocycles. The number of ether oxygens (including phenoxy) is 1. The summed E-state index contributed by atoms with van der Waals surface area (Å²) in [5.74, 6) is 0. The zero-order chi connectivity index (χ0) is 13.9. The molecule has 5 nitrogen and oxygen atoms in total. The molecule has 0 spiro atoms. The Kier molecular flexibility index (Phi) is 4.97. The van der Waals surface area contributed by atoms with Crippen molar-refractivity contribution in [3.8, 4) is 0 Å². The summed E-state index contributed by atoms with van der Waals surface area (Å²) in [4.78, 5) is 2.25. The summed E-state index contributed by atoms with van der Waals surface area (Å²) >= 11 is 1.50. The minimum atomic E-state index is -3.38. The van der Waals surface area contributed by atoms with Gasteiger partial charge in [-0.3, -0.25) is 0 Å². The van der Waals surface area contributed by atoms with Crippen molar-refractivity contribution in [1.82, 2.24) is 10.0 Å². The fourth-order valence-corrected chi connectivity index (χ4v) is 4.69. The Hall–Kier alpha value is -0.470. The molecule has 108 valence electrons. The second-order valence-corrected chi connectivity index (χ2v) is 7.89. The molecule has 1 saturated heterocycles. The highest BCUT2D eigenvalue weighted by Crippen LogP contribution is 2.24. The number of thiophene rings is 1. The van der Waals surface area contributed by atoms with E-state index in [9.17, 15) is 8.42 Å². The largest absolute Gasteiger partial charge is 0.380 e. The van der Waals surface area contributed by atoms with Crippen LogP contribution in [0.5, 0.6) is 0 Å². The first-order chi connectivity index (χ1) is 8.99. The molecular weight excluding hydrogens is 284 g/mol. The van der Waals surface area contributed by atoms with Gasteiger partial charge < -0.3 is 10.1 Å². The lowest BCUT2D eigenvalue weighted by atomic mass is 10.3. The first-order valence-electron chi connectivity index (χ1n) is 6.37. The molecule has 0 radical (unpaired) electrons. The monoisotopic (exact) mass is 304 g/mol. The fourth-order valence-electron chi connectivity index (χ4n) is 2.11. The maximum Gasteiger partial charge on any atom is 0.241 e. The number of hydrogen-bond acceptors (Lipinski definition) is 5. The molecule has 0 aliphatic carbocycles. The molecule has 0 unspecified atom stereocenters. The lowest BCUT2D eigenvalue weighted by Crippen LogP contribution is -2.37. The molecule has 19 heavy (non-hydrogen) atoms. The minimum Gasteiger partial charge on any atom is -0.380 e. The molecule has 2 rings (SSSR count). The zero-order valence-electron chi connectivity index (χ0n) is 11.2. The van der Waals surface area contributed by atoms with Crippen molar-refractivity contribution < 1.29 is 13.2 Å². The van der Waals surface area contributed by atoms with Gasteiger partial charge in [-0.1, -0.05) is 0 Å². The minimum absolute atomic E-state index is 0.356. The molecule has 1 aliphatic heterocycles. The molecular formula is C12H20N2O3S2. The standard InChI is InChI=1S/C12H20N2O3S2/c1-9-7-12(10(2)18-9)19(15,16)14-5-4-13-11-3-6-17-8-11/h7,11,13-14H,3-6,8H2,1-2H3/t11-/m0/s1. The quantitative estimate of drug-likeness (QED) is 0.770. The van der Waals surface area contributed by atoms with Gasteiger partial charge in [0, 0.05) is 35.5 Å². The van der Waals surface area contributed by atoms with E-state index in [1.54, 1.807) is 6.07 Å². The highest BCUT2D eigenvalue weighted by Gasteiger charge is 2.19. The van der Waals surface area contributed by atoms with E-state index in [1.807, 2.05) is 13.8 Å². The van der Waals surface area contributed by atoms with Crippen LogP contribution in [0.15, 0.2) is 11.0 Å². The maximum absolute atomic E-state index is 12.1. The van der Waals surface area contributed by atoms with Gasteiger partial charge in [0.15, 0.2) is 0 Å². The van der Waals surface area contributed by atoms with Gasteiger partial charge in [-0.05, 0) is 26.3 Å². The predicted molar refractivity (Wildman–Crippen MR) is 76.2 cm³/mol. The molecule has 0 aromatic carbocycles. The van der Waals surface area contributed by atoms with Gasteiger partial charge >= 0.3 is 0 Å². The van der Waals surface area contributed by atoms with Gasteiger partial charge in [-0.2, -0.15) is 0 Å². The Bertz CT molecular complexity index is 519. The normalized spacial score (nSPS) is 20.0. The second-order valence-electron chi connectivity index (χ2n) is 4.69. The summed E-state index contributed by atoms with van der Waals surface area (Å²) in [6, 6.07) is 2.08. The number of nitrogens with one attached hydrogen (secondary N) is 2. The van der Waals surface area contributed by atoms with Crippen LogP contribution in [-0.2, 0) is 14.8 Å². The number of rotatable bonds is 6. The van der Waals surface area contributed by atoms with E-state index >= 15 is 0 Å². The molecule has 2 heterocycles. The Morgan fingerprint density at radius 3 is 2.79 bits per heavy atom. The van der Waals surface area contributed by atoms with E-state index in [1.165, 1.54) is 11.3 Å². The molecule has 0 amide bonds. The summed E-state index contributed by atoms with van der Waals surface area (Å²) in [5.41, 5.74) is 0. The summed E-state index contributed by atoms with van der Waals surface area (Å²) in [6.45, 7) is 6.27. The summed E-state index contributed by atoms with van der Waals surface area (Å²) in [5, 5.41) is 3.28. The average Bonchev–Trinajstić information content (AvgIpc) is 2.94. The first kappa shape index (κ1) is 14.9. The Morgan fingerprint density at radius 1 is 1.42 bits per heavy atom. The van der Waals surface area contributed by atoms with Crippen molar-refractivity contribution in [2.45, 2.75) is 31.2 Å². The van der Waals surface area contributed by atoms with Crippen LogP contribution < -0.4 is 10.0 Å². The molecule has 1 aliphatic rings. The molecule has 1 fully saturated rings. The lowest BCUT2D eigenvalue weighted by molar-refractivity contribution is 0.190. The van der Waals surface area contributed by atoms with Gasteiger partial charge in [0.05, 0.1) is 11.5 Å². The average molecular weight is 304 g/mol. The SMILES string of the molecule is Cc1cc(S(=O)(=O)NCCN[C@H]2CCOC2)c(C)s1. The van der Waals surface area contributed by atoms with Crippen molar-refractivity contribution in [3.63, 3.8) is 0 Å². The smallest absolute Gasteiger partial charge is 0.241 e. The van der Waals surface area contributed by atoms with Crippen LogP contribution in [0.3, 0.4) is 0 Å². The van der Waals surface area contributed by atoms with Crippen molar-refractivity contribution in [2.24, 2.45) is 0 Å². The van der Waals surface area contributed by atoms with E-state index in [0.29, 0.717) is 24.0 Å². The van der Waals surface area contributed by atoms with E-state index in [-0.39, 0.29) is 0 Å². The van der Waals surface area contributed by atoms with Gasteiger partial charge in [0.25, 0.3) is 0 Å². The molecule has 0 bridgehead atoms. The summed E-state index contributed by atoms with van der Waals surface area (Å²) in [6.07, 6.45) is 0.996. The van der Waals surface area contributed by atoms with E-state index in [0.717, 1.165) is 29.4 Å². The second kappa shape index (κ2) is 6.32. The van der Waals surface area contributed by atoms with E-state index < -0.39 is 10.0 Å². The Balaban J connectivity index is 1.82. The maximum atomic E-state index is 12.1. The van der Waals surface area contributed by atoms with Crippen molar-refractivity contribution in [3.05, 3.63) is 15.8 Å². The molecule has 7 heteroatoms. The van der Waals surface area contributed by atoms with Gasteiger partial charge in [-0.25, -0.2) is 13.1 Å². The van der Waals surface area contributed by atoms with Crippen LogP contribution in [-0.4, -0.2) is 40.8 Å². The molecule has 2 N–H and O–H groups in total. The third-order valence-electron chi connectivity index (χ3n) is 3.06. The predicted octanol–water partition coefficient (Wildman–Crippen LogP) is 1.02. The van der Waals surface area contributed by atoms with Crippen LogP contribution in [0.2, 0.25) is 0 Å². The molecule has 1 aromatic heterocycles. The topological polar surface area (TPSA) is 67.4 Å². The Morgan fingerprint density at radius 2 is 2.21 bits per heavy atom.